The van der Waals surface area contributed by atoms with Crippen LogP contribution >= 0.6 is 0 Å². The summed E-state index contributed by atoms with van der Waals surface area (Å²) in [6.45, 7) is 10.3. The highest BCUT2D eigenvalue weighted by Gasteiger charge is 2.49. The molecule has 1 amide bonds. The monoisotopic (exact) mass is 932 g/mol. The van der Waals surface area contributed by atoms with E-state index in [0.717, 1.165) is 56.2 Å². The van der Waals surface area contributed by atoms with Gasteiger partial charge in [-0.25, -0.2) is 18.1 Å². The number of nitrogen functional groups attached to an aromatic ring is 1. The summed E-state index contributed by atoms with van der Waals surface area (Å²) in [5, 5.41) is 26.8. The van der Waals surface area contributed by atoms with E-state index in [1.165, 1.54) is 42.5 Å². The number of nitro groups is 1. The van der Waals surface area contributed by atoms with Gasteiger partial charge in [-0.1, -0.05) is 44.5 Å². The lowest BCUT2D eigenvalue weighted by Crippen LogP contribution is -2.63. The predicted octanol–water partition coefficient (Wildman–Crippen LogP) is 8.44. The Morgan fingerprint density at radius 1 is 1.01 bits per heavy atom. The molecule has 3 aliphatic heterocycles. The lowest BCUT2D eigenvalue weighted by atomic mass is 9.70. The van der Waals surface area contributed by atoms with Gasteiger partial charge in [-0.15, -0.1) is 0 Å². The fraction of sp³-hybridized carbons (Fsp3) is 0.480. The number of hydrogen-bond acceptors (Lipinski definition) is 13. The number of carbonyl (C=O) groups excluding carboxylic acids is 1. The number of aliphatic hydroxyl groups is 1. The minimum Gasteiger partial charge on any atom is -0.489 e. The highest BCUT2D eigenvalue weighted by molar-refractivity contribution is 7.90. The van der Waals surface area contributed by atoms with Crippen molar-refractivity contribution in [3.63, 3.8) is 0 Å². The summed E-state index contributed by atoms with van der Waals surface area (Å²) in [7, 11) is -4.69. The number of aromatic amines is 1. The first kappa shape index (κ1) is 44.9. The van der Waals surface area contributed by atoms with Crippen molar-refractivity contribution in [3.05, 3.63) is 99.7 Å². The number of H-pyrrole nitrogens is 1. The summed E-state index contributed by atoms with van der Waals surface area (Å²) in [5.41, 5.74) is 9.68. The minimum absolute atomic E-state index is 0.00866. The number of fused-ring (bicyclic) bond motifs is 2. The average molecular weight is 933 g/mol. The summed E-state index contributed by atoms with van der Waals surface area (Å²) in [4.78, 5) is 37.8. The molecule has 354 valence electrons. The van der Waals surface area contributed by atoms with Crippen LogP contribution in [0.15, 0.2) is 77.8 Å². The van der Waals surface area contributed by atoms with Crippen LogP contribution in [0.2, 0.25) is 0 Å². The van der Waals surface area contributed by atoms with E-state index < -0.39 is 37.0 Å². The molecule has 5 aliphatic rings. The van der Waals surface area contributed by atoms with Crippen LogP contribution in [0.25, 0.3) is 11.0 Å². The number of nitro benzene ring substituents is 1. The first-order valence-electron chi connectivity index (χ1n) is 23.7. The molecule has 16 nitrogen and oxygen atoms in total. The maximum absolute atomic E-state index is 14.2. The van der Waals surface area contributed by atoms with Crippen molar-refractivity contribution in [2.45, 2.75) is 113 Å². The van der Waals surface area contributed by atoms with Crippen molar-refractivity contribution < 1.29 is 32.7 Å². The number of carbonyl (C=O) groups is 1. The van der Waals surface area contributed by atoms with Gasteiger partial charge < -0.3 is 35.5 Å². The van der Waals surface area contributed by atoms with Crippen molar-refractivity contribution >= 4 is 49.8 Å². The standard InChI is InChI=1S/C50H60N8O8S/c1-30(2)35-7-4-5-8-36(35)37-9-6-10-40(37)57-28-50(29-57)18-21-56(22-19-50)33-11-12-38(42(24-33)66-44-23-32-15-20-52-47(32)54-46(44)51)48(59)55-67(63,64)34-25-41(58(61)62)45-43(26-34)65-27-39(53-45)31-13-16-49(3,60)17-14-31/h4-5,7-8,11-12,15,20,23-26,30-31,37,39-40,53,60H,6,9-10,13-14,16-19,21-22,27-29H2,1-3H3,(H,55,59)(H3,51,52,54)/t31-,37-,39+,40-,49-/m0/s1. The van der Waals surface area contributed by atoms with E-state index in [9.17, 15) is 28.4 Å². The summed E-state index contributed by atoms with van der Waals surface area (Å²) < 4.78 is 42.5. The number of amides is 1. The van der Waals surface area contributed by atoms with Crippen LogP contribution in [0.4, 0.5) is 22.9 Å². The maximum Gasteiger partial charge on any atom is 0.297 e. The van der Waals surface area contributed by atoms with Crippen LogP contribution in [-0.4, -0.2) is 89.7 Å². The van der Waals surface area contributed by atoms with Crippen molar-refractivity contribution in [1.82, 2.24) is 19.6 Å². The van der Waals surface area contributed by atoms with E-state index in [0.29, 0.717) is 49.2 Å². The van der Waals surface area contributed by atoms with Gasteiger partial charge in [-0.2, -0.15) is 0 Å². The topological polar surface area (TPSA) is 218 Å². The third-order valence-electron chi connectivity index (χ3n) is 15.4. The number of rotatable bonds is 11. The van der Waals surface area contributed by atoms with E-state index in [1.54, 1.807) is 31.3 Å². The number of nitrogens with two attached hydrogens (primary N) is 1. The number of nitrogens with one attached hydrogen (secondary N) is 3. The van der Waals surface area contributed by atoms with Gasteiger partial charge in [0.15, 0.2) is 23.0 Å². The zero-order chi connectivity index (χ0) is 46.8. The van der Waals surface area contributed by atoms with Crippen LogP contribution in [0, 0.1) is 21.4 Å². The van der Waals surface area contributed by atoms with Gasteiger partial charge in [0.1, 0.15) is 18.0 Å². The highest BCUT2D eigenvalue weighted by Crippen LogP contribution is 2.49. The quantitative estimate of drug-likeness (QED) is 0.0621. The fourth-order valence-electron chi connectivity index (χ4n) is 11.6. The largest absolute Gasteiger partial charge is 0.489 e. The molecule has 5 aromatic rings. The van der Waals surface area contributed by atoms with Gasteiger partial charge in [0.2, 0.25) is 0 Å². The number of likely N-dealkylation sites (tertiary alicyclic amines) is 1. The first-order chi connectivity index (χ1) is 32.1. The Labute approximate surface area is 390 Å². The number of anilines is 3. The van der Waals surface area contributed by atoms with E-state index in [2.05, 4.69) is 67.9 Å². The molecule has 4 fully saturated rings. The molecule has 67 heavy (non-hydrogen) atoms. The molecule has 1 spiro atoms. The van der Waals surface area contributed by atoms with Crippen LogP contribution in [0.5, 0.6) is 17.2 Å². The fourth-order valence-corrected chi connectivity index (χ4v) is 12.6. The molecule has 3 aromatic carbocycles. The number of piperidine rings is 1. The normalized spacial score (nSPS) is 25.0. The molecular formula is C50H60N8O8S. The molecule has 2 aliphatic carbocycles. The summed E-state index contributed by atoms with van der Waals surface area (Å²) >= 11 is 0. The molecule has 0 bridgehead atoms. The molecule has 17 heteroatoms. The first-order valence-corrected chi connectivity index (χ1v) is 25.2. The number of aromatic nitrogens is 2. The molecule has 6 N–H and O–H groups in total. The molecule has 3 atom stereocenters. The van der Waals surface area contributed by atoms with Gasteiger partial charge in [0.25, 0.3) is 21.6 Å². The van der Waals surface area contributed by atoms with Gasteiger partial charge in [-0.3, -0.25) is 19.8 Å². The van der Waals surface area contributed by atoms with Crippen molar-refractivity contribution in [1.29, 1.82) is 0 Å². The van der Waals surface area contributed by atoms with E-state index in [4.69, 9.17) is 15.2 Å². The Balaban J connectivity index is 0.866. The zero-order valence-corrected chi connectivity index (χ0v) is 39.1. The van der Waals surface area contributed by atoms with Crippen molar-refractivity contribution in [2.75, 3.05) is 48.7 Å². The van der Waals surface area contributed by atoms with Crippen LogP contribution < -0.4 is 30.1 Å². The molecular weight excluding hydrogens is 873 g/mol. The molecule has 2 saturated heterocycles. The number of nitrogens with zero attached hydrogens (tertiary/aromatic N) is 4. The Hall–Kier alpha value is -5.91. The summed E-state index contributed by atoms with van der Waals surface area (Å²) in [6, 6.07) is 20.0. The summed E-state index contributed by atoms with van der Waals surface area (Å²) in [5.74, 6) is 0.458. The number of benzene rings is 3. The molecule has 2 saturated carbocycles. The van der Waals surface area contributed by atoms with Crippen LogP contribution in [-0.2, 0) is 10.0 Å². The Bertz CT molecular complexity index is 2820. The predicted molar refractivity (Wildman–Crippen MR) is 257 cm³/mol. The molecule has 5 heterocycles. The molecule has 10 rings (SSSR count). The van der Waals surface area contributed by atoms with Gasteiger partial charge >= 0.3 is 0 Å². The smallest absolute Gasteiger partial charge is 0.297 e. The summed E-state index contributed by atoms with van der Waals surface area (Å²) in [6.07, 6.45) is 10.1. The lowest BCUT2D eigenvalue weighted by molar-refractivity contribution is -0.384. The SMILES string of the molecule is CC(C)c1ccccc1[C@@H]1CCC[C@@H]1N1CC2(CCN(c3ccc(C(=O)NS(=O)(=O)c4cc5c(c([N+](=O)[O-])c4)N[C@@H]([C@H]4CC[C@](C)(O)CC4)CO5)c(Oc4cc5cc[nH]c5nc4N)c3)CC2)C1. The second kappa shape index (κ2) is 17.3. The van der Waals surface area contributed by atoms with Gasteiger partial charge in [-0.05, 0) is 117 Å². The number of hydrogen-bond donors (Lipinski definition) is 5. The molecule has 2 aromatic heterocycles. The minimum atomic E-state index is -4.69. The Morgan fingerprint density at radius 2 is 1.78 bits per heavy atom. The number of sulfonamides is 1. The van der Waals surface area contributed by atoms with Crippen LogP contribution in [0.1, 0.15) is 112 Å². The highest BCUT2D eigenvalue weighted by atomic mass is 32.2. The van der Waals surface area contributed by atoms with Gasteiger partial charge in [0.05, 0.1) is 27.0 Å². The molecule has 0 radical (unpaired) electrons. The maximum atomic E-state index is 14.2. The van der Waals surface area contributed by atoms with E-state index in [-0.39, 0.29) is 58.3 Å². The Kier molecular flexibility index (Phi) is 11.6. The number of pyridine rings is 1. The number of ether oxygens (including phenoxy) is 2. The molecule has 0 unspecified atom stereocenters. The van der Waals surface area contributed by atoms with Gasteiger partial charge in [0, 0.05) is 67.7 Å². The second-order valence-corrected chi connectivity index (χ2v) is 21.9. The third-order valence-corrected chi connectivity index (χ3v) is 16.7. The lowest BCUT2D eigenvalue weighted by Gasteiger charge is -2.57. The Morgan fingerprint density at radius 3 is 2.52 bits per heavy atom. The van der Waals surface area contributed by atoms with E-state index >= 15 is 0 Å². The third kappa shape index (κ3) is 8.77. The second-order valence-electron chi connectivity index (χ2n) is 20.3. The zero-order valence-electron chi connectivity index (χ0n) is 38.3. The van der Waals surface area contributed by atoms with Crippen LogP contribution in [0.3, 0.4) is 0 Å². The van der Waals surface area contributed by atoms with Crippen molar-refractivity contribution in [2.24, 2.45) is 11.3 Å². The average Bonchev–Trinajstić information content (AvgIpc) is 3.97. The van der Waals surface area contributed by atoms with E-state index in [1.807, 2.05) is 6.07 Å². The van der Waals surface area contributed by atoms with Crippen molar-refractivity contribution in [3.8, 4) is 17.2 Å².